The van der Waals surface area contributed by atoms with Crippen LogP contribution in [0.15, 0.2) is 0 Å². The van der Waals surface area contributed by atoms with Crippen LogP contribution in [0.25, 0.3) is 0 Å². The van der Waals surface area contributed by atoms with Crippen molar-refractivity contribution in [3.63, 3.8) is 0 Å². The molecule has 0 spiro atoms. The molecule has 0 saturated heterocycles. The molecular formula is C16H34. The first-order valence-electron chi connectivity index (χ1n) is 7.47. The Balaban J connectivity index is 4.51. The second kappa shape index (κ2) is 8.14. The van der Waals surface area contributed by atoms with Gasteiger partial charge in [-0.2, -0.15) is 0 Å². The Hall–Kier alpha value is 0. The molecule has 0 nitrogen and oxygen atoms in total. The van der Waals surface area contributed by atoms with Gasteiger partial charge in [0.05, 0.1) is 0 Å². The Labute approximate surface area is 104 Å². The van der Waals surface area contributed by atoms with E-state index in [0.717, 1.165) is 11.8 Å². The lowest BCUT2D eigenvalue weighted by Crippen LogP contribution is -2.28. The fraction of sp³-hybridized carbons (Fsp3) is 1.00. The SMILES string of the molecule is CCCCC(CCC)C(CCC)C(C)(C)C. The van der Waals surface area contributed by atoms with Crippen LogP contribution in [0.1, 0.15) is 86.5 Å². The van der Waals surface area contributed by atoms with Gasteiger partial charge in [-0.25, -0.2) is 0 Å². The van der Waals surface area contributed by atoms with Crippen LogP contribution in [0.3, 0.4) is 0 Å². The maximum atomic E-state index is 2.43. The third-order valence-electron chi connectivity index (χ3n) is 3.87. The smallest absolute Gasteiger partial charge is 0.0337 e. The predicted octanol–water partition coefficient (Wildman–Crippen LogP) is 6.06. The fourth-order valence-electron chi connectivity index (χ4n) is 3.07. The maximum absolute atomic E-state index is 2.43. The third-order valence-corrected chi connectivity index (χ3v) is 3.87. The van der Waals surface area contributed by atoms with Gasteiger partial charge in [0.2, 0.25) is 0 Å². The molecule has 2 atom stereocenters. The summed E-state index contributed by atoms with van der Waals surface area (Å²) in [4.78, 5) is 0. The van der Waals surface area contributed by atoms with E-state index in [1.807, 2.05) is 0 Å². The van der Waals surface area contributed by atoms with Gasteiger partial charge in [0.15, 0.2) is 0 Å². The highest BCUT2D eigenvalue weighted by atomic mass is 14.4. The average Bonchev–Trinajstić information content (AvgIpc) is 2.19. The van der Waals surface area contributed by atoms with Gasteiger partial charge < -0.3 is 0 Å². The van der Waals surface area contributed by atoms with Crippen LogP contribution in [-0.4, -0.2) is 0 Å². The van der Waals surface area contributed by atoms with Crippen LogP contribution in [0, 0.1) is 17.3 Å². The molecule has 0 radical (unpaired) electrons. The molecule has 98 valence electrons. The minimum absolute atomic E-state index is 0.490. The van der Waals surface area contributed by atoms with Crippen LogP contribution in [0.5, 0.6) is 0 Å². The van der Waals surface area contributed by atoms with Crippen molar-refractivity contribution in [3.05, 3.63) is 0 Å². The number of rotatable bonds is 8. The summed E-state index contributed by atoms with van der Waals surface area (Å²) in [5, 5.41) is 0. The first-order valence-corrected chi connectivity index (χ1v) is 7.47. The zero-order chi connectivity index (χ0) is 12.6. The molecule has 0 heteroatoms. The van der Waals surface area contributed by atoms with E-state index in [1.165, 1.54) is 44.9 Å². The van der Waals surface area contributed by atoms with Gasteiger partial charge in [0.25, 0.3) is 0 Å². The van der Waals surface area contributed by atoms with Crippen LogP contribution in [-0.2, 0) is 0 Å². The molecule has 0 aromatic carbocycles. The number of hydrogen-bond acceptors (Lipinski definition) is 0. The van der Waals surface area contributed by atoms with Gasteiger partial charge >= 0.3 is 0 Å². The lowest BCUT2D eigenvalue weighted by molar-refractivity contribution is 0.127. The quantitative estimate of drug-likeness (QED) is 0.472. The standard InChI is InChI=1S/C16H34/c1-7-10-13-14(11-8-2)15(12-9-3)16(4,5)6/h14-15H,7-13H2,1-6H3. The molecule has 0 aromatic rings. The Morgan fingerprint density at radius 2 is 1.31 bits per heavy atom. The van der Waals surface area contributed by atoms with Crippen LogP contribution >= 0.6 is 0 Å². The topological polar surface area (TPSA) is 0 Å². The summed E-state index contributed by atoms with van der Waals surface area (Å²) in [6, 6.07) is 0. The zero-order valence-electron chi connectivity index (χ0n) is 12.6. The summed E-state index contributed by atoms with van der Waals surface area (Å²) in [6.07, 6.45) is 9.76. The summed E-state index contributed by atoms with van der Waals surface area (Å²) in [5.74, 6) is 1.88. The summed E-state index contributed by atoms with van der Waals surface area (Å²) in [6.45, 7) is 14.3. The summed E-state index contributed by atoms with van der Waals surface area (Å²) < 4.78 is 0. The molecule has 16 heavy (non-hydrogen) atoms. The molecular weight excluding hydrogens is 192 g/mol. The van der Waals surface area contributed by atoms with E-state index in [1.54, 1.807) is 0 Å². The molecule has 0 N–H and O–H groups in total. The van der Waals surface area contributed by atoms with E-state index < -0.39 is 0 Å². The van der Waals surface area contributed by atoms with Crippen LogP contribution < -0.4 is 0 Å². The molecule has 0 heterocycles. The van der Waals surface area contributed by atoms with E-state index in [0.29, 0.717) is 5.41 Å². The average molecular weight is 226 g/mol. The molecule has 0 amide bonds. The lowest BCUT2D eigenvalue weighted by Gasteiger charge is -2.37. The van der Waals surface area contributed by atoms with E-state index >= 15 is 0 Å². The minimum Gasteiger partial charge on any atom is -0.0654 e. The van der Waals surface area contributed by atoms with Crippen LogP contribution in [0.4, 0.5) is 0 Å². The van der Waals surface area contributed by atoms with Crippen molar-refractivity contribution in [1.82, 2.24) is 0 Å². The second-order valence-corrected chi connectivity index (χ2v) is 6.45. The largest absolute Gasteiger partial charge is 0.0654 e. The van der Waals surface area contributed by atoms with Crippen molar-refractivity contribution in [1.29, 1.82) is 0 Å². The van der Waals surface area contributed by atoms with Crippen molar-refractivity contribution in [2.75, 3.05) is 0 Å². The third kappa shape index (κ3) is 5.92. The maximum Gasteiger partial charge on any atom is -0.0337 e. The number of unbranched alkanes of at least 4 members (excludes halogenated alkanes) is 1. The predicted molar refractivity (Wildman–Crippen MR) is 75.8 cm³/mol. The highest BCUT2D eigenvalue weighted by molar-refractivity contribution is 4.80. The molecule has 0 aromatic heterocycles. The second-order valence-electron chi connectivity index (χ2n) is 6.45. The minimum atomic E-state index is 0.490. The van der Waals surface area contributed by atoms with E-state index in [9.17, 15) is 0 Å². The summed E-state index contributed by atoms with van der Waals surface area (Å²) in [7, 11) is 0. The first kappa shape index (κ1) is 16.0. The van der Waals surface area contributed by atoms with E-state index in [2.05, 4.69) is 41.5 Å². The van der Waals surface area contributed by atoms with E-state index in [-0.39, 0.29) is 0 Å². The molecule has 0 saturated carbocycles. The zero-order valence-corrected chi connectivity index (χ0v) is 12.6. The van der Waals surface area contributed by atoms with Crippen molar-refractivity contribution in [3.8, 4) is 0 Å². The van der Waals surface area contributed by atoms with Gasteiger partial charge in [-0.05, 0) is 23.7 Å². The Kier molecular flexibility index (Phi) is 8.14. The first-order chi connectivity index (χ1) is 7.47. The summed E-state index contributed by atoms with van der Waals surface area (Å²) >= 11 is 0. The Bertz CT molecular complexity index is 152. The van der Waals surface area contributed by atoms with Crippen molar-refractivity contribution < 1.29 is 0 Å². The van der Waals surface area contributed by atoms with Gasteiger partial charge in [0.1, 0.15) is 0 Å². The lowest BCUT2D eigenvalue weighted by atomic mass is 9.68. The molecule has 0 rings (SSSR count). The Morgan fingerprint density at radius 1 is 0.750 bits per heavy atom. The Morgan fingerprint density at radius 3 is 1.69 bits per heavy atom. The van der Waals surface area contributed by atoms with Gasteiger partial charge in [-0.15, -0.1) is 0 Å². The van der Waals surface area contributed by atoms with Crippen molar-refractivity contribution >= 4 is 0 Å². The normalized spacial score (nSPS) is 16.1. The van der Waals surface area contributed by atoms with E-state index in [4.69, 9.17) is 0 Å². The molecule has 0 aliphatic carbocycles. The monoisotopic (exact) mass is 226 g/mol. The van der Waals surface area contributed by atoms with Crippen molar-refractivity contribution in [2.45, 2.75) is 86.5 Å². The molecule has 0 aliphatic rings. The molecule has 2 unspecified atom stereocenters. The molecule has 0 bridgehead atoms. The molecule has 0 fully saturated rings. The molecule has 0 aliphatic heterocycles. The fourth-order valence-corrected chi connectivity index (χ4v) is 3.07. The van der Waals surface area contributed by atoms with Crippen LogP contribution in [0.2, 0.25) is 0 Å². The van der Waals surface area contributed by atoms with Crippen molar-refractivity contribution in [2.24, 2.45) is 17.3 Å². The summed E-state index contributed by atoms with van der Waals surface area (Å²) in [5.41, 5.74) is 0.490. The van der Waals surface area contributed by atoms with Gasteiger partial charge in [-0.1, -0.05) is 80.1 Å². The van der Waals surface area contributed by atoms with Gasteiger partial charge in [0, 0.05) is 0 Å². The highest BCUT2D eigenvalue weighted by Gasteiger charge is 2.30. The number of hydrogen-bond donors (Lipinski definition) is 0. The highest BCUT2D eigenvalue weighted by Crippen LogP contribution is 2.40. The van der Waals surface area contributed by atoms with Gasteiger partial charge in [-0.3, -0.25) is 0 Å².